The lowest BCUT2D eigenvalue weighted by molar-refractivity contribution is 0.0948. The number of aromatic nitrogens is 5. The molecule has 8 nitrogen and oxygen atoms in total. The van der Waals surface area contributed by atoms with Gasteiger partial charge in [-0.25, -0.2) is 10.5 Å². The maximum absolute atomic E-state index is 11.1. The summed E-state index contributed by atoms with van der Waals surface area (Å²) in [6.45, 7) is 1.25. The average Bonchev–Trinajstić information content (AvgIpc) is 2.94. The highest BCUT2D eigenvalue weighted by molar-refractivity contribution is 14.1. The molecule has 0 spiro atoms. The molecule has 0 saturated carbocycles. The summed E-state index contributed by atoms with van der Waals surface area (Å²) in [5.74, 6) is 4.54. The predicted octanol–water partition coefficient (Wildman–Crippen LogP) is -0.617. The summed E-state index contributed by atoms with van der Waals surface area (Å²) in [6.07, 6.45) is 5.23. The molecule has 0 unspecified atom stereocenters. The van der Waals surface area contributed by atoms with Crippen molar-refractivity contribution in [1.82, 2.24) is 30.2 Å². The highest BCUT2D eigenvalue weighted by Crippen LogP contribution is 2.01. The zero-order chi connectivity index (χ0) is 12.3. The predicted molar refractivity (Wildman–Crippen MR) is 66.6 cm³/mol. The molecule has 0 aliphatic heterocycles. The molecular formula is C8H10IN7O. The molecule has 17 heavy (non-hydrogen) atoms. The molecule has 0 saturated heterocycles. The molecule has 2 heterocycles. The SMILES string of the molecule is NNC(=O)c1cn(CCn2cc(I)cn2)nn1. The Hall–Kier alpha value is -1.49. The molecule has 1 amide bonds. The molecule has 0 atom stereocenters. The Morgan fingerprint density at radius 3 is 2.82 bits per heavy atom. The van der Waals surface area contributed by atoms with E-state index < -0.39 is 5.91 Å². The van der Waals surface area contributed by atoms with E-state index in [0.717, 1.165) is 3.57 Å². The van der Waals surface area contributed by atoms with Gasteiger partial charge in [0.25, 0.3) is 5.91 Å². The molecule has 0 fully saturated rings. The number of carbonyl (C=O) groups is 1. The van der Waals surface area contributed by atoms with E-state index >= 15 is 0 Å². The van der Waals surface area contributed by atoms with Gasteiger partial charge in [0.2, 0.25) is 0 Å². The minimum absolute atomic E-state index is 0.197. The number of nitrogens with two attached hydrogens (primary N) is 1. The van der Waals surface area contributed by atoms with Crippen molar-refractivity contribution < 1.29 is 4.79 Å². The number of carbonyl (C=O) groups excluding carboxylic acids is 1. The first-order chi connectivity index (χ1) is 8.19. The number of nitrogens with one attached hydrogen (secondary N) is 1. The summed E-state index contributed by atoms with van der Waals surface area (Å²) >= 11 is 2.19. The van der Waals surface area contributed by atoms with E-state index in [1.165, 1.54) is 6.20 Å². The zero-order valence-electron chi connectivity index (χ0n) is 8.75. The number of rotatable bonds is 4. The van der Waals surface area contributed by atoms with Crippen molar-refractivity contribution in [3.63, 3.8) is 0 Å². The molecule has 2 aromatic heterocycles. The van der Waals surface area contributed by atoms with Gasteiger partial charge in [0.15, 0.2) is 5.69 Å². The van der Waals surface area contributed by atoms with Crippen LogP contribution in [0.25, 0.3) is 0 Å². The van der Waals surface area contributed by atoms with E-state index in [4.69, 9.17) is 5.84 Å². The minimum atomic E-state index is -0.454. The minimum Gasteiger partial charge on any atom is -0.289 e. The average molecular weight is 347 g/mol. The fourth-order valence-electron chi connectivity index (χ4n) is 1.25. The van der Waals surface area contributed by atoms with E-state index in [2.05, 4.69) is 38.0 Å². The van der Waals surface area contributed by atoms with Crippen molar-refractivity contribution in [3.05, 3.63) is 27.9 Å². The van der Waals surface area contributed by atoms with Crippen LogP contribution in [-0.2, 0) is 13.1 Å². The third-order valence-corrected chi connectivity index (χ3v) is 2.62. The maximum Gasteiger partial charge on any atom is 0.287 e. The lowest BCUT2D eigenvalue weighted by Gasteiger charge is -2.00. The lowest BCUT2D eigenvalue weighted by atomic mass is 10.4. The third kappa shape index (κ3) is 3.00. The van der Waals surface area contributed by atoms with Crippen molar-refractivity contribution >= 4 is 28.5 Å². The van der Waals surface area contributed by atoms with Gasteiger partial charge < -0.3 is 0 Å². The van der Waals surface area contributed by atoms with E-state index in [1.54, 1.807) is 15.6 Å². The smallest absolute Gasteiger partial charge is 0.287 e. The van der Waals surface area contributed by atoms with E-state index in [9.17, 15) is 4.79 Å². The quantitative estimate of drug-likeness (QED) is 0.332. The number of nitrogen functional groups attached to an aromatic ring is 1. The third-order valence-electron chi connectivity index (χ3n) is 2.06. The Bertz CT molecular complexity index is 519. The summed E-state index contributed by atoms with van der Waals surface area (Å²) in [7, 11) is 0. The van der Waals surface area contributed by atoms with Crippen LogP contribution in [-0.4, -0.2) is 30.7 Å². The Morgan fingerprint density at radius 2 is 2.18 bits per heavy atom. The molecule has 2 rings (SSSR count). The Balaban J connectivity index is 1.95. The molecule has 0 aliphatic carbocycles. The maximum atomic E-state index is 11.1. The van der Waals surface area contributed by atoms with Gasteiger partial charge in [-0.05, 0) is 22.6 Å². The fraction of sp³-hybridized carbons (Fsp3) is 0.250. The van der Waals surface area contributed by atoms with Gasteiger partial charge >= 0.3 is 0 Å². The van der Waals surface area contributed by atoms with E-state index in [0.29, 0.717) is 13.1 Å². The second kappa shape index (κ2) is 5.23. The van der Waals surface area contributed by atoms with Crippen LogP contribution in [0.15, 0.2) is 18.6 Å². The highest BCUT2D eigenvalue weighted by atomic mass is 127. The molecule has 90 valence electrons. The van der Waals surface area contributed by atoms with Gasteiger partial charge in [-0.3, -0.25) is 14.9 Å². The summed E-state index contributed by atoms with van der Waals surface area (Å²) in [6, 6.07) is 0. The zero-order valence-corrected chi connectivity index (χ0v) is 10.9. The second-order valence-corrected chi connectivity index (χ2v) is 4.51. The first kappa shape index (κ1) is 12.0. The molecule has 0 radical (unpaired) electrons. The van der Waals surface area contributed by atoms with Crippen LogP contribution in [0.4, 0.5) is 0 Å². The number of hydrazine groups is 1. The van der Waals surface area contributed by atoms with Crippen LogP contribution in [0.5, 0.6) is 0 Å². The largest absolute Gasteiger partial charge is 0.289 e. The van der Waals surface area contributed by atoms with Gasteiger partial charge in [-0.1, -0.05) is 5.21 Å². The number of hydrogen-bond donors (Lipinski definition) is 2. The number of amides is 1. The Labute approximate surface area is 110 Å². The normalized spacial score (nSPS) is 10.5. The number of halogens is 1. The lowest BCUT2D eigenvalue weighted by Crippen LogP contribution is -2.30. The first-order valence-corrected chi connectivity index (χ1v) is 5.86. The summed E-state index contributed by atoms with van der Waals surface area (Å²) < 4.78 is 4.44. The van der Waals surface area contributed by atoms with Crippen LogP contribution in [0, 0.1) is 3.57 Å². The molecule has 9 heteroatoms. The Kier molecular flexibility index (Phi) is 3.68. The van der Waals surface area contributed by atoms with Gasteiger partial charge in [0.1, 0.15) is 0 Å². The molecule has 0 aliphatic rings. The monoisotopic (exact) mass is 347 g/mol. The van der Waals surface area contributed by atoms with Gasteiger partial charge in [0, 0.05) is 6.20 Å². The van der Waals surface area contributed by atoms with E-state index in [-0.39, 0.29) is 5.69 Å². The molecule has 3 N–H and O–H groups in total. The van der Waals surface area contributed by atoms with E-state index in [1.807, 2.05) is 11.6 Å². The van der Waals surface area contributed by atoms with Crippen LogP contribution in [0.3, 0.4) is 0 Å². The van der Waals surface area contributed by atoms with Crippen molar-refractivity contribution in [2.75, 3.05) is 0 Å². The number of hydrogen-bond acceptors (Lipinski definition) is 5. The van der Waals surface area contributed by atoms with Crippen molar-refractivity contribution in [2.24, 2.45) is 5.84 Å². The molecule has 2 aromatic rings. The van der Waals surface area contributed by atoms with Crippen molar-refractivity contribution in [3.8, 4) is 0 Å². The molecule has 0 aromatic carbocycles. The standard InChI is InChI=1S/C8H10IN7O/c9-6-3-11-15(4-6)1-2-16-5-7(13-14-16)8(17)12-10/h3-5H,1-2,10H2,(H,12,17). The fourth-order valence-corrected chi connectivity index (χ4v) is 1.70. The van der Waals surface area contributed by atoms with Crippen LogP contribution >= 0.6 is 22.6 Å². The van der Waals surface area contributed by atoms with Gasteiger partial charge in [0.05, 0.1) is 29.1 Å². The van der Waals surface area contributed by atoms with Crippen molar-refractivity contribution in [2.45, 2.75) is 13.1 Å². The van der Waals surface area contributed by atoms with Crippen LogP contribution < -0.4 is 11.3 Å². The highest BCUT2D eigenvalue weighted by Gasteiger charge is 2.08. The molecule has 0 bridgehead atoms. The van der Waals surface area contributed by atoms with Crippen LogP contribution in [0.2, 0.25) is 0 Å². The summed E-state index contributed by atoms with van der Waals surface area (Å²) in [4.78, 5) is 11.1. The summed E-state index contributed by atoms with van der Waals surface area (Å²) in [5, 5.41) is 11.6. The number of aryl methyl sites for hydroxylation is 2. The van der Waals surface area contributed by atoms with Crippen LogP contribution in [0.1, 0.15) is 10.5 Å². The Morgan fingerprint density at radius 1 is 1.41 bits per heavy atom. The first-order valence-electron chi connectivity index (χ1n) is 4.78. The topological polar surface area (TPSA) is 104 Å². The van der Waals surface area contributed by atoms with Gasteiger partial charge in [-0.2, -0.15) is 5.10 Å². The molecular weight excluding hydrogens is 337 g/mol. The number of nitrogens with zero attached hydrogens (tertiary/aromatic N) is 5. The summed E-state index contributed by atoms with van der Waals surface area (Å²) in [5.41, 5.74) is 2.20. The van der Waals surface area contributed by atoms with Gasteiger partial charge in [-0.15, -0.1) is 5.10 Å². The second-order valence-electron chi connectivity index (χ2n) is 3.26. The van der Waals surface area contributed by atoms with Crippen molar-refractivity contribution in [1.29, 1.82) is 0 Å².